The quantitative estimate of drug-likeness (QED) is 0.383. The van der Waals surface area contributed by atoms with Crippen molar-refractivity contribution in [1.29, 1.82) is 0 Å². The van der Waals surface area contributed by atoms with E-state index < -0.39 is 41.9 Å². The van der Waals surface area contributed by atoms with E-state index >= 15 is 0 Å². The Morgan fingerprint density at radius 2 is 1.97 bits per heavy atom. The zero-order chi connectivity index (χ0) is 24.3. The standard InChI is InChI=1S/C22H28N4O7/c1-22(2,3)15(33-21(23)31)11-32-10-9-24-13-6-4-5-12-17(13)20(30)26(19(12)29)14-7-8-16(27)25-18(14)28/h4-6,14-15,24H,7-11H2,1-3H3,(H2,23,31)(H,25,27,28). The molecule has 0 aliphatic carbocycles. The molecule has 2 atom stereocenters. The number of rotatable bonds is 8. The van der Waals surface area contributed by atoms with Crippen LogP contribution < -0.4 is 16.4 Å². The molecule has 2 aliphatic rings. The summed E-state index contributed by atoms with van der Waals surface area (Å²) in [5, 5.41) is 5.25. The van der Waals surface area contributed by atoms with Crippen molar-refractivity contribution < 1.29 is 33.4 Å². The predicted molar refractivity (Wildman–Crippen MR) is 116 cm³/mol. The minimum Gasteiger partial charge on any atom is -0.443 e. The van der Waals surface area contributed by atoms with E-state index in [1.807, 2.05) is 20.8 Å². The fourth-order valence-corrected chi connectivity index (χ4v) is 3.71. The van der Waals surface area contributed by atoms with E-state index in [0.717, 1.165) is 4.90 Å². The van der Waals surface area contributed by atoms with Gasteiger partial charge in [0.25, 0.3) is 11.8 Å². The van der Waals surface area contributed by atoms with Crippen LogP contribution in [-0.4, -0.2) is 66.5 Å². The van der Waals surface area contributed by atoms with Gasteiger partial charge in [0.2, 0.25) is 11.8 Å². The van der Waals surface area contributed by atoms with Gasteiger partial charge in [-0.15, -0.1) is 0 Å². The monoisotopic (exact) mass is 460 g/mol. The number of fused-ring (bicyclic) bond motifs is 1. The molecule has 3 rings (SSSR count). The van der Waals surface area contributed by atoms with Crippen LogP contribution in [0, 0.1) is 5.41 Å². The maximum absolute atomic E-state index is 13.1. The van der Waals surface area contributed by atoms with Crippen LogP contribution in [0.2, 0.25) is 0 Å². The first kappa shape index (κ1) is 24.2. The maximum Gasteiger partial charge on any atom is 0.404 e. The molecule has 1 saturated heterocycles. The number of carbonyl (C=O) groups excluding carboxylic acids is 5. The zero-order valence-electron chi connectivity index (χ0n) is 18.8. The number of benzene rings is 1. The fraction of sp³-hybridized carbons (Fsp3) is 0.500. The molecule has 2 aliphatic heterocycles. The van der Waals surface area contributed by atoms with Gasteiger partial charge < -0.3 is 20.5 Å². The van der Waals surface area contributed by atoms with Crippen LogP contribution in [0.3, 0.4) is 0 Å². The average Bonchev–Trinajstić information content (AvgIpc) is 2.97. The Labute approximate surface area is 190 Å². The molecule has 1 aromatic carbocycles. The highest BCUT2D eigenvalue weighted by Gasteiger charge is 2.45. The number of piperidine rings is 1. The summed E-state index contributed by atoms with van der Waals surface area (Å²) in [5.74, 6) is -2.24. The molecular formula is C22H28N4O7. The molecule has 0 radical (unpaired) electrons. The Kier molecular flexibility index (Phi) is 7.01. The van der Waals surface area contributed by atoms with E-state index in [1.54, 1.807) is 12.1 Å². The second kappa shape index (κ2) is 9.57. The molecule has 1 aromatic rings. The molecule has 4 N–H and O–H groups in total. The zero-order valence-corrected chi connectivity index (χ0v) is 18.8. The van der Waals surface area contributed by atoms with Crippen LogP contribution >= 0.6 is 0 Å². The van der Waals surface area contributed by atoms with Crippen LogP contribution in [0.5, 0.6) is 0 Å². The van der Waals surface area contributed by atoms with Crippen molar-refractivity contribution in [2.24, 2.45) is 11.1 Å². The molecule has 2 heterocycles. The lowest BCUT2D eigenvalue weighted by atomic mass is 9.89. The van der Waals surface area contributed by atoms with E-state index in [2.05, 4.69) is 10.6 Å². The van der Waals surface area contributed by atoms with Crippen molar-refractivity contribution in [3.8, 4) is 0 Å². The molecule has 0 bridgehead atoms. The fourth-order valence-electron chi connectivity index (χ4n) is 3.71. The molecule has 11 heteroatoms. The van der Waals surface area contributed by atoms with E-state index in [-0.39, 0.29) is 42.6 Å². The van der Waals surface area contributed by atoms with Gasteiger partial charge in [0.15, 0.2) is 0 Å². The molecule has 5 amide bonds. The lowest BCUT2D eigenvalue weighted by Crippen LogP contribution is -2.54. The SMILES string of the molecule is CC(C)(C)C(COCCNc1cccc2c1C(=O)N(C1CCC(=O)NC1=O)C2=O)OC(N)=O. The summed E-state index contributed by atoms with van der Waals surface area (Å²) in [6, 6.07) is 3.80. The second-order valence-electron chi connectivity index (χ2n) is 8.97. The van der Waals surface area contributed by atoms with Crippen LogP contribution in [0.1, 0.15) is 54.3 Å². The van der Waals surface area contributed by atoms with Crippen molar-refractivity contribution >= 4 is 35.4 Å². The number of nitrogens with zero attached hydrogens (tertiary/aromatic N) is 1. The number of nitrogens with one attached hydrogen (secondary N) is 2. The second-order valence-corrected chi connectivity index (χ2v) is 8.97. The molecule has 0 spiro atoms. The number of hydrogen-bond acceptors (Lipinski definition) is 8. The molecule has 33 heavy (non-hydrogen) atoms. The predicted octanol–water partition coefficient (Wildman–Crippen LogP) is 1.03. The Bertz CT molecular complexity index is 985. The Balaban J connectivity index is 1.62. The molecule has 178 valence electrons. The first-order valence-electron chi connectivity index (χ1n) is 10.6. The first-order valence-corrected chi connectivity index (χ1v) is 10.6. The van der Waals surface area contributed by atoms with Crippen molar-refractivity contribution in [2.75, 3.05) is 25.1 Å². The third-order valence-corrected chi connectivity index (χ3v) is 5.52. The Morgan fingerprint density at radius 3 is 2.61 bits per heavy atom. The van der Waals surface area contributed by atoms with E-state index in [9.17, 15) is 24.0 Å². The third-order valence-electron chi connectivity index (χ3n) is 5.52. The van der Waals surface area contributed by atoms with Crippen molar-refractivity contribution in [3.05, 3.63) is 29.3 Å². The summed E-state index contributed by atoms with van der Waals surface area (Å²) in [4.78, 5) is 61.6. The summed E-state index contributed by atoms with van der Waals surface area (Å²) >= 11 is 0. The van der Waals surface area contributed by atoms with Gasteiger partial charge in [-0.1, -0.05) is 26.8 Å². The lowest BCUT2D eigenvalue weighted by Gasteiger charge is -2.29. The van der Waals surface area contributed by atoms with Crippen LogP contribution in [0.25, 0.3) is 0 Å². The number of carbonyl (C=O) groups is 5. The van der Waals surface area contributed by atoms with Crippen LogP contribution in [0.15, 0.2) is 18.2 Å². The largest absolute Gasteiger partial charge is 0.443 e. The minimum absolute atomic E-state index is 0.0568. The summed E-state index contributed by atoms with van der Waals surface area (Å²) in [7, 11) is 0. The van der Waals surface area contributed by atoms with Gasteiger partial charge in [-0.3, -0.25) is 29.4 Å². The summed E-state index contributed by atoms with van der Waals surface area (Å²) in [6.07, 6.45) is -1.26. The summed E-state index contributed by atoms with van der Waals surface area (Å²) in [5.41, 5.74) is 5.56. The average molecular weight is 460 g/mol. The molecule has 2 unspecified atom stereocenters. The van der Waals surface area contributed by atoms with Gasteiger partial charge in [-0.2, -0.15) is 0 Å². The van der Waals surface area contributed by atoms with Gasteiger partial charge >= 0.3 is 6.09 Å². The molecular weight excluding hydrogens is 432 g/mol. The number of amides is 5. The number of nitrogens with two attached hydrogens (primary N) is 1. The summed E-state index contributed by atoms with van der Waals surface area (Å²) in [6.45, 7) is 6.37. The normalized spacial score (nSPS) is 19.2. The van der Waals surface area contributed by atoms with E-state index in [4.69, 9.17) is 15.2 Å². The molecule has 1 fully saturated rings. The minimum atomic E-state index is -1.02. The van der Waals surface area contributed by atoms with Gasteiger partial charge in [0, 0.05) is 24.1 Å². The lowest BCUT2D eigenvalue weighted by molar-refractivity contribution is -0.136. The van der Waals surface area contributed by atoms with Crippen molar-refractivity contribution in [1.82, 2.24) is 10.2 Å². The smallest absolute Gasteiger partial charge is 0.404 e. The first-order chi connectivity index (χ1) is 15.5. The number of hydrogen-bond donors (Lipinski definition) is 3. The molecule has 0 saturated carbocycles. The molecule has 11 nitrogen and oxygen atoms in total. The van der Waals surface area contributed by atoms with Gasteiger partial charge in [-0.05, 0) is 18.6 Å². The third kappa shape index (κ3) is 5.30. The van der Waals surface area contributed by atoms with Gasteiger partial charge in [0.05, 0.1) is 24.3 Å². The van der Waals surface area contributed by atoms with Crippen LogP contribution in [0.4, 0.5) is 10.5 Å². The van der Waals surface area contributed by atoms with Crippen LogP contribution in [-0.2, 0) is 19.1 Å². The number of imide groups is 2. The Hall–Kier alpha value is -3.47. The molecule has 0 aromatic heterocycles. The van der Waals surface area contributed by atoms with E-state index in [0.29, 0.717) is 12.2 Å². The topological polar surface area (TPSA) is 157 Å². The Morgan fingerprint density at radius 1 is 1.24 bits per heavy atom. The highest BCUT2D eigenvalue weighted by atomic mass is 16.6. The van der Waals surface area contributed by atoms with Crippen molar-refractivity contribution in [3.63, 3.8) is 0 Å². The number of primary amides is 1. The highest BCUT2D eigenvalue weighted by molar-refractivity contribution is 6.25. The van der Waals surface area contributed by atoms with E-state index in [1.165, 1.54) is 6.07 Å². The number of anilines is 1. The maximum atomic E-state index is 13.1. The van der Waals surface area contributed by atoms with Gasteiger partial charge in [-0.25, -0.2) is 4.79 Å². The van der Waals surface area contributed by atoms with Crippen molar-refractivity contribution in [2.45, 2.75) is 45.8 Å². The van der Waals surface area contributed by atoms with Gasteiger partial charge in [0.1, 0.15) is 12.1 Å². The summed E-state index contributed by atoms with van der Waals surface area (Å²) < 4.78 is 10.7. The highest BCUT2D eigenvalue weighted by Crippen LogP contribution is 2.32. The number of ether oxygens (including phenoxy) is 2.